The van der Waals surface area contributed by atoms with Crippen LogP contribution in [0.25, 0.3) is 0 Å². The molecule has 0 aliphatic heterocycles. The van der Waals surface area contributed by atoms with Gasteiger partial charge in [0.1, 0.15) is 5.75 Å². The number of anilines is 1. The molecule has 16 heavy (non-hydrogen) atoms. The summed E-state index contributed by atoms with van der Waals surface area (Å²) in [5, 5.41) is 12.0. The summed E-state index contributed by atoms with van der Waals surface area (Å²) in [7, 11) is 0. The van der Waals surface area contributed by atoms with Crippen LogP contribution in [0.2, 0.25) is 0 Å². The lowest BCUT2D eigenvalue weighted by molar-refractivity contribution is 0.270. The van der Waals surface area contributed by atoms with Crippen molar-refractivity contribution in [2.75, 3.05) is 25.1 Å². The Labute approximate surface area is 96.4 Å². The van der Waals surface area contributed by atoms with Gasteiger partial charge in [-0.15, -0.1) is 0 Å². The van der Waals surface area contributed by atoms with Gasteiger partial charge in [0.25, 0.3) is 0 Å². The lowest BCUT2D eigenvalue weighted by Gasteiger charge is -2.13. The average Bonchev–Trinajstić information content (AvgIpc) is 2.29. The van der Waals surface area contributed by atoms with Crippen molar-refractivity contribution in [2.45, 2.75) is 19.9 Å². The molecule has 0 aliphatic rings. The van der Waals surface area contributed by atoms with E-state index in [9.17, 15) is 0 Å². The van der Waals surface area contributed by atoms with E-state index in [2.05, 4.69) is 5.32 Å². The number of hydrogen-bond acceptors (Lipinski definition) is 4. The molecule has 0 aliphatic carbocycles. The summed E-state index contributed by atoms with van der Waals surface area (Å²) in [6.07, 6.45) is 0. The van der Waals surface area contributed by atoms with E-state index in [1.54, 1.807) is 0 Å². The van der Waals surface area contributed by atoms with Crippen molar-refractivity contribution in [1.29, 1.82) is 0 Å². The number of rotatable bonds is 6. The van der Waals surface area contributed by atoms with Crippen LogP contribution in [0.5, 0.6) is 5.75 Å². The Balaban J connectivity index is 2.59. The third-order valence-electron chi connectivity index (χ3n) is 2.28. The highest BCUT2D eigenvalue weighted by Gasteiger charge is 2.02. The van der Waals surface area contributed by atoms with E-state index in [0.717, 1.165) is 17.0 Å². The van der Waals surface area contributed by atoms with Gasteiger partial charge < -0.3 is 20.9 Å². The molecule has 0 saturated heterocycles. The van der Waals surface area contributed by atoms with Crippen LogP contribution in [0.15, 0.2) is 18.2 Å². The van der Waals surface area contributed by atoms with E-state index in [4.69, 9.17) is 15.6 Å². The number of hydrogen-bond donors (Lipinski definition) is 3. The van der Waals surface area contributed by atoms with Gasteiger partial charge >= 0.3 is 0 Å². The summed E-state index contributed by atoms with van der Waals surface area (Å²) < 4.78 is 5.45. The van der Waals surface area contributed by atoms with Crippen LogP contribution in [0.1, 0.15) is 12.5 Å². The maximum Gasteiger partial charge on any atom is 0.122 e. The third-order valence-corrected chi connectivity index (χ3v) is 2.28. The Bertz CT molecular complexity index is 329. The third kappa shape index (κ3) is 3.72. The fourth-order valence-corrected chi connectivity index (χ4v) is 1.39. The molecule has 1 atom stereocenters. The quantitative estimate of drug-likeness (QED) is 0.677. The minimum Gasteiger partial charge on any atom is -0.494 e. The molecule has 1 aromatic rings. The first-order valence-electron chi connectivity index (χ1n) is 5.51. The standard InChI is InChI=1S/C12H20N2O2/c1-3-16-12-5-4-11(6-9(12)2)14-7-10(13)8-15/h4-6,10,14-15H,3,7-8,13H2,1-2H3. The summed E-state index contributed by atoms with van der Waals surface area (Å²) in [4.78, 5) is 0. The second-order valence-electron chi connectivity index (χ2n) is 3.74. The monoisotopic (exact) mass is 224 g/mol. The number of aryl methyl sites for hydroxylation is 1. The molecule has 0 saturated carbocycles. The number of aliphatic hydroxyl groups is 1. The molecule has 1 rings (SSSR count). The molecule has 0 amide bonds. The van der Waals surface area contributed by atoms with Crippen LogP contribution in [-0.2, 0) is 0 Å². The second-order valence-corrected chi connectivity index (χ2v) is 3.74. The van der Waals surface area contributed by atoms with Crippen LogP contribution in [0, 0.1) is 6.92 Å². The summed E-state index contributed by atoms with van der Waals surface area (Å²) in [6.45, 7) is 5.18. The molecule has 0 fully saturated rings. The molecule has 1 aromatic carbocycles. The van der Waals surface area contributed by atoms with Gasteiger partial charge in [-0.3, -0.25) is 0 Å². The number of nitrogens with one attached hydrogen (secondary N) is 1. The molecule has 90 valence electrons. The van der Waals surface area contributed by atoms with E-state index < -0.39 is 0 Å². The summed E-state index contributed by atoms with van der Waals surface area (Å²) >= 11 is 0. The van der Waals surface area contributed by atoms with Crippen LogP contribution < -0.4 is 15.8 Å². The van der Waals surface area contributed by atoms with Crippen molar-refractivity contribution in [1.82, 2.24) is 0 Å². The normalized spacial score (nSPS) is 12.2. The smallest absolute Gasteiger partial charge is 0.122 e. The van der Waals surface area contributed by atoms with Crippen molar-refractivity contribution >= 4 is 5.69 Å². The van der Waals surface area contributed by atoms with E-state index in [1.165, 1.54) is 0 Å². The van der Waals surface area contributed by atoms with Gasteiger partial charge in [-0.1, -0.05) is 0 Å². The van der Waals surface area contributed by atoms with E-state index in [-0.39, 0.29) is 12.6 Å². The fourth-order valence-electron chi connectivity index (χ4n) is 1.39. The first kappa shape index (κ1) is 12.8. The summed E-state index contributed by atoms with van der Waals surface area (Å²) in [5.74, 6) is 0.902. The van der Waals surface area contributed by atoms with Gasteiger partial charge in [-0.2, -0.15) is 0 Å². The first-order valence-corrected chi connectivity index (χ1v) is 5.51. The van der Waals surface area contributed by atoms with Gasteiger partial charge in [0, 0.05) is 18.3 Å². The molecule has 4 N–H and O–H groups in total. The molecular weight excluding hydrogens is 204 g/mol. The van der Waals surface area contributed by atoms with Gasteiger partial charge in [0.05, 0.1) is 13.2 Å². The van der Waals surface area contributed by atoms with Gasteiger partial charge in [-0.25, -0.2) is 0 Å². The maximum absolute atomic E-state index is 8.80. The van der Waals surface area contributed by atoms with Gasteiger partial charge in [-0.05, 0) is 37.6 Å². The lowest BCUT2D eigenvalue weighted by atomic mass is 10.2. The van der Waals surface area contributed by atoms with Crippen LogP contribution in [-0.4, -0.2) is 30.9 Å². The van der Waals surface area contributed by atoms with Crippen molar-refractivity contribution in [3.8, 4) is 5.75 Å². The highest BCUT2D eigenvalue weighted by Crippen LogP contribution is 2.21. The molecule has 0 aromatic heterocycles. The molecule has 4 heteroatoms. The Morgan fingerprint density at radius 2 is 2.25 bits per heavy atom. The van der Waals surface area contributed by atoms with E-state index in [1.807, 2.05) is 32.0 Å². The van der Waals surface area contributed by atoms with Crippen LogP contribution in [0.3, 0.4) is 0 Å². The Hall–Kier alpha value is -1.26. The van der Waals surface area contributed by atoms with E-state index >= 15 is 0 Å². The van der Waals surface area contributed by atoms with Crippen molar-refractivity contribution in [3.63, 3.8) is 0 Å². The number of nitrogens with two attached hydrogens (primary N) is 1. The zero-order valence-corrected chi connectivity index (χ0v) is 9.86. The lowest BCUT2D eigenvalue weighted by Crippen LogP contribution is -2.32. The predicted molar refractivity (Wildman–Crippen MR) is 65.9 cm³/mol. The topological polar surface area (TPSA) is 67.5 Å². The van der Waals surface area contributed by atoms with Crippen molar-refractivity contribution in [3.05, 3.63) is 23.8 Å². The highest BCUT2D eigenvalue weighted by atomic mass is 16.5. The average molecular weight is 224 g/mol. The van der Waals surface area contributed by atoms with Gasteiger partial charge in [0.2, 0.25) is 0 Å². The number of benzene rings is 1. The minimum absolute atomic E-state index is 0.0109. The van der Waals surface area contributed by atoms with Gasteiger partial charge in [0.15, 0.2) is 0 Å². The fraction of sp³-hybridized carbons (Fsp3) is 0.500. The number of aliphatic hydroxyl groups excluding tert-OH is 1. The zero-order chi connectivity index (χ0) is 12.0. The van der Waals surface area contributed by atoms with Crippen molar-refractivity contribution in [2.24, 2.45) is 5.73 Å². The highest BCUT2D eigenvalue weighted by molar-refractivity contribution is 5.50. The van der Waals surface area contributed by atoms with Crippen LogP contribution in [0.4, 0.5) is 5.69 Å². The van der Waals surface area contributed by atoms with E-state index in [0.29, 0.717) is 13.2 Å². The summed E-state index contributed by atoms with van der Waals surface area (Å²) in [5.41, 5.74) is 7.68. The zero-order valence-electron chi connectivity index (χ0n) is 9.86. The molecular formula is C12H20N2O2. The van der Waals surface area contributed by atoms with Crippen LogP contribution >= 0.6 is 0 Å². The largest absolute Gasteiger partial charge is 0.494 e. The molecule has 0 bridgehead atoms. The molecule has 4 nitrogen and oxygen atoms in total. The Morgan fingerprint density at radius 1 is 1.50 bits per heavy atom. The minimum atomic E-state index is -0.230. The summed E-state index contributed by atoms with van der Waals surface area (Å²) in [6, 6.07) is 5.66. The maximum atomic E-state index is 8.80. The Kier molecular flexibility index (Phi) is 5.08. The predicted octanol–water partition coefficient (Wildman–Crippen LogP) is 1.13. The SMILES string of the molecule is CCOc1ccc(NCC(N)CO)cc1C. The molecule has 0 heterocycles. The molecule has 0 spiro atoms. The molecule has 0 radical (unpaired) electrons. The number of ether oxygens (including phenoxy) is 1. The Morgan fingerprint density at radius 3 is 2.81 bits per heavy atom. The molecule has 1 unspecified atom stereocenters. The first-order chi connectivity index (χ1) is 7.67. The second kappa shape index (κ2) is 6.35. The van der Waals surface area contributed by atoms with Crippen molar-refractivity contribution < 1.29 is 9.84 Å².